The molecule has 1 aliphatic rings. The van der Waals surface area contributed by atoms with E-state index in [9.17, 15) is 0 Å². The summed E-state index contributed by atoms with van der Waals surface area (Å²) in [7, 11) is 3.94. The van der Waals surface area contributed by atoms with Crippen molar-refractivity contribution in [1.82, 2.24) is 4.90 Å². The first-order valence-corrected chi connectivity index (χ1v) is 6.65. The Balaban J connectivity index is 2.16. The highest BCUT2D eigenvalue weighted by molar-refractivity contribution is 5.28. The van der Waals surface area contributed by atoms with Gasteiger partial charge < -0.3 is 14.7 Å². The summed E-state index contributed by atoms with van der Waals surface area (Å²) in [6, 6.07) is 8.57. The molecular formula is C15H23NO2. The van der Waals surface area contributed by atoms with Crippen LogP contribution in [-0.4, -0.2) is 50.0 Å². The SMILES string of the molecule is CO[C@H]1CN(C)CC[C@@H]1c1cccc(CCO)c1. The molecule has 1 saturated heterocycles. The summed E-state index contributed by atoms with van der Waals surface area (Å²) in [6.07, 6.45) is 2.14. The number of likely N-dealkylation sites (tertiary alicyclic amines) is 1. The van der Waals surface area contributed by atoms with E-state index >= 15 is 0 Å². The minimum atomic E-state index is 0.213. The van der Waals surface area contributed by atoms with Gasteiger partial charge in [-0.25, -0.2) is 0 Å². The van der Waals surface area contributed by atoms with Crippen LogP contribution in [0.3, 0.4) is 0 Å². The smallest absolute Gasteiger partial charge is 0.0766 e. The van der Waals surface area contributed by atoms with Crippen molar-refractivity contribution in [3.8, 4) is 0 Å². The Bertz CT molecular complexity index is 381. The Morgan fingerprint density at radius 1 is 1.44 bits per heavy atom. The Kier molecular flexibility index (Phi) is 4.75. The molecule has 0 aromatic heterocycles. The molecule has 1 aliphatic heterocycles. The van der Waals surface area contributed by atoms with E-state index in [1.807, 2.05) is 0 Å². The summed E-state index contributed by atoms with van der Waals surface area (Å²) in [5, 5.41) is 9.02. The predicted molar refractivity (Wildman–Crippen MR) is 72.9 cm³/mol. The van der Waals surface area contributed by atoms with E-state index in [1.165, 1.54) is 11.1 Å². The van der Waals surface area contributed by atoms with E-state index in [0.29, 0.717) is 5.92 Å². The number of methoxy groups -OCH3 is 1. The molecule has 2 rings (SSSR count). The van der Waals surface area contributed by atoms with Crippen LogP contribution in [0.15, 0.2) is 24.3 Å². The van der Waals surface area contributed by atoms with Gasteiger partial charge in [-0.15, -0.1) is 0 Å². The number of likely N-dealkylation sites (N-methyl/N-ethyl adjacent to an activating group) is 1. The van der Waals surface area contributed by atoms with E-state index in [2.05, 4.69) is 36.2 Å². The summed E-state index contributed by atoms with van der Waals surface area (Å²) in [6.45, 7) is 2.32. The molecule has 3 nitrogen and oxygen atoms in total. The molecule has 0 spiro atoms. The minimum absolute atomic E-state index is 0.213. The van der Waals surface area contributed by atoms with Crippen molar-refractivity contribution in [2.75, 3.05) is 33.9 Å². The fraction of sp³-hybridized carbons (Fsp3) is 0.600. The van der Waals surface area contributed by atoms with E-state index in [1.54, 1.807) is 7.11 Å². The van der Waals surface area contributed by atoms with Crippen molar-refractivity contribution in [2.24, 2.45) is 0 Å². The molecule has 0 unspecified atom stereocenters. The van der Waals surface area contributed by atoms with E-state index in [4.69, 9.17) is 9.84 Å². The van der Waals surface area contributed by atoms with Gasteiger partial charge in [0.1, 0.15) is 0 Å². The zero-order valence-electron chi connectivity index (χ0n) is 11.3. The zero-order chi connectivity index (χ0) is 13.0. The lowest BCUT2D eigenvalue weighted by atomic mass is 9.86. The van der Waals surface area contributed by atoms with Crippen molar-refractivity contribution >= 4 is 0 Å². The van der Waals surface area contributed by atoms with E-state index in [0.717, 1.165) is 25.9 Å². The Labute approximate surface area is 109 Å². The number of hydrogen-bond acceptors (Lipinski definition) is 3. The van der Waals surface area contributed by atoms with Crippen LogP contribution in [0.4, 0.5) is 0 Å². The monoisotopic (exact) mass is 249 g/mol. The van der Waals surface area contributed by atoms with Gasteiger partial charge in [0.05, 0.1) is 6.10 Å². The van der Waals surface area contributed by atoms with Gasteiger partial charge in [0.2, 0.25) is 0 Å². The highest BCUT2D eigenvalue weighted by Gasteiger charge is 2.28. The summed E-state index contributed by atoms with van der Waals surface area (Å²) >= 11 is 0. The number of hydrogen-bond donors (Lipinski definition) is 1. The van der Waals surface area contributed by atoms with Crippen LogP contribution in [0.5, 0.6) is 0 Å². The van der Waals surface area contributed by atoms with E-state index in [-0.39, 0.29) is 12.7 Å². The number of ether oxygens (including phenoxy) is 1. The number of benzene rings is 1. The normalized spacial score (nSPS) is 25.3. The molecule has 1 aromatic rings. The van der Waals surface area contributed by atoms with E-state index < -0.39 is 0 Å². The molecule has 0 bridgehead atoms. The number of aliphatic hydroxyl groups is 1. The minimum Gasteiger partial charge on any atom is -0.396 e. The highest BCUT2D eigenvalue weighted by atomic mass is 16.5. The molecule has 3 heteroatoms. The Morgan fingerprint density at radius 3 is 3.00 bits per heavy atom. The molecule has 1 aromatic carbocycles. The van der Waals surface area contributed by atoms with Crippen molar-refractivity contribution in [1.29, 1.82) is 0 Å². The maximum atomic E-state index is 9.02. The topological polar surface area (TPSA) is 32.7 Å². The average Bonchev–Trinajstić information content (AvgIpc) is 2.39. The molecule has 2 atom stereocenters. The highest BCUT2D eigenvalue weighted by Crippen LogP contribution is 2.30. The summed E-state index contributed by atoms with van der Waals surface area (Å²) in [5.41, 5.74) is 2.56. The molecule has 100 valence electrons. The summed E-state index contributed by atoms with van der Waals surface area (Å²) in [4.78, 5) is 2.32. The van der Waals surface area contributed by atoms with Crippen LogP contribution in [0.1, 0.15) is 23.5 Å². The summed E-state index contributed by atoms with van der Waals surface area (Å²) in [5.74, 6) is 0.477. The maximum Gasteiger partial charge on any atom is 0.0766 e. The van der Waals surface area contributed by atoms with Crippen molar-refractivity contribution in [3.05, 3.63) is 35.4 Å². The van der Waals surface area contributed by atoms with Gasteiger partial charge in [-0.05, 0) is 37.6 Å². The molecular weight excluding hydrogens is 226 g/mol. The number of piperidine rings is 1. The van der Waals surface area contributed by atoms with Crippen LogP contribution in [0.2, 0.25) is 0 Å². The van der Waals surface area contributed by atoms with Gasteiger partial charge >= 0.3 is 0 Å². The van der Waals surface area contributed by atoms with Crippen LogP contribution < -0.4 is 0 Å². The predicted octanol–water partition coefficient (Wildman–Crippen LogP) is 1.66. The van der Waals surface area contributed by atoms with Gasteiger partial charge in [0.15, 0.2) is 0 Å². The number of rotatable bonds is 4. The van der Waals surface area contributed by atoms with Crippen LogP contribution in [-0.2, 0) is 11.2 Å². The van der Waals surface area contributed by atoms with Crippen LogP contribution in [0.25, 0.3) is 0 Å². The third kappa shape index (κ3) is 3.10. The molecule has 0 radical (unpaired) electrons. The standard InChI is InChI=1S/C15H23NO2/c1-16-8-6-14(15(11-16)18-2)13-5-3-4-12(10-13)7-9-17/h3-5,10,14-15,17H,6-9,11H2,1-2H3/t14-,15+/m1/s1. The molecule has 1 heterocycles. The first-order chi connectivity index (χ1) is 8.74. The van der Waals surface area contributed by atoms with Gasteiger partial charge in [0, 0.05) is 26.2 Å². The Hall–Kier alpha value is -0.900. The Morgan fingerprint density at radius 2 is 2.28 bits per heavy atom. The third-order valence-corrected chi connectivity index (χ3v) is 3.84. The third-order valence-electron chi connectivity index (χ3n) is 3.84. The number of aliphatic hydroxyl groups excluding tert-OH is 1. The van der Waals surface area contributed by atoms with Crippen molar-refractivity contribution < 1.29 is 9.84 Å². The first-order valence-electron chi connectivity index (χ1n) is 6.65. The number of nitrogens with zero attached hydrogens (tertiary/aromatic N) is 1. The fourth-order valence-electron chi connectivity index (χ4n) is 2.80. The maximum absolute atomic E-state index is 9.02. The lowest BCUT2D eigenvalue weighted by Gasteiger charge is -2.36. The molecule has 1 fully saturated rings. The van der Waals surface area contributed by atoms with Gasteiger partial charge in [-0.2, -0.15) is 0 Å². The van der Waals surface area contributed by atoms with Gasteiger partial charge in [-0.1, -0.05) is 24.3 Å². The van der Waals surface area contributed by atoms with Crippen molar-refractivity contribution in [3.63, 3.8) is 0 Å². The summed E-state index contributed by atoms with van der Waals surface area (Å²) < 4.78 is 5.64. The van der Waals surface area contributed by atoms with Gasteiger partial charge in [0.25, 0.3) is 0 Å². The molecule has 0 amide bonds. The molecule has 1 N–H and O–H groups in total. The average molecular weight is 249 g/mol. The molecule has 0 saturated carbocycles. The van der Waals surface area contributed by atoms with Gasteiger partial charge in [-0.3, -0.25) is 0 Å². The fourth-order valence-corrected chi connectivity index (χ4v) is 2.80. The zero-order valence-corrected chi connectivity index (χ0v) is 11.3. The lowest BCUT2D eigenvalue weighted by molar-refractivity contribution is 0.0233. The second kappa shape index (κ2) is 6.32. The van der Waals surface area contributed by atoms with Crippen molar-refractivity contribution in [2.45, 2.75) is 24.9 Å². The molecule has 0 aliphatic carbocycles. The second-order valence-corrected chi connectivity index (χ2v) is 5.15. The first kappa shape index (κ1) is 13.5. The largest absolute Gasteiger partial charge is 0.396 e. The lowest BCUT2D eigenvalue weighted by Crippen LogP contribution is -2.41. The van der Waals surface area contributed by atoms with Crippen LogP contribution in [0, 0.1) is 0 Å². The molecule has 18 heavy (non-hydrogen) atoms. The quantitative estimate of drug-likeness (QED) is 0.881. The second-order valence-electron chi connectivity index (χ2n) is 5.15. The van der Waals surface area contributed by atoms with Crippen LogP contribution >= 0.6 is 0 Å².